The average molecular weight is 278 g/mol. The molecule has 0 unspecified atom stereocenters. The smallest absolute Gasteiger partial charge is 0.159 e. The van der Waals surface area contributed by atoms with Crippen molar-refractivity contribution in [1.82, 2.24) is 14.6 Å². The Morgan fingerprint density at radius 2 is 1.94 bits per heavy atom. The molecule has 0 N–H and O–H groups in total. The van der Waals surface area contributed by atoms with Gasteiger partial charge in [0.2, 0.25) is 0 Å². The third kappa shape index (κ3) is 1.96. The SMILES string of the molecule is Cc1cccc(-c2cc3nc(Cl)cc(Cl)n3n2)c1. The molecule has 0 radical (unpaired) electrons. The monoisotopic (exact) mass is 277 g/mol. The molecule has 3 nitrogen and oxygen atoms in total. The molecule has 18 heavy (non-hydrogen) atoms. The van der Waals surface area contributed by atoms with Crippen LogP contribution in [0.2, 0.25) is 10.3 Å². The molecule has 5 heteroatoms. The Kier molecular flexibility index (Phi) is 2.73. The second-order valence-electron chi connectivity index (χ2n) is 4.07. The first-order valence-corrected chi connectivity index (χ1v) is 6.18. The van der Waals surface area contributed by atoms with Gasteiger partial charge < -0.3 is 0 Å². The van der Waals surface area contributed by atoms with Crippen LogP contribution < -0.4 is 0 Å². The first-order chi connectivity index (χ1) is 8.63. The van der Waals surface area contributed by atoms with Gasteiger partial charge in [0.25, 0.3) is 0 Å². The van der Waals surface area contributed by atoms with Gasteiger partial charge in [-0.25, -0.2) is 9.50 Å². The average Bonchev–Trinajstić information content (AvgIpc) is 2.73. The van der Waals surface area contributed by atoms with Gasteiger partial charge in [-0.15, -0.1) is 0 Å². The second-order valence-corrected chi connectivity index (χ2v) is 4.85. The normalized spacial score (nSPS) is 11.1. The van der Waals surface area contributed by atoms with E-state index in [0.717, 1.165) is 11.3 Å². The first kappa shape index (κ1) is 11.5. The summed E-state index contributed by atoms with van der Waals surface area (Å²) >= 11 is 11.9. The van der Waals surface area contributed by atoms with Crippen molar-refractivity contribution < 1.29 is 0 Å². The molecule has 3 rings (SSSR count). The molecule has 0 atom stereocenters. The fourth-order valence-electron chi connectivity index (χ4n) is 1.85. The number of aromatic nitrogens is 3. The summed E-state index contributed by atoms with van der Waals surface area (Å²) < 4.78 is 1.57. The quantitative estimate of drug-likeness (QED) is 0.629. The van der Waals surface area contributed by atoms with Crippen LogP contribution in [-0.2, 0) is 0 Å². The van der Waals surface area contributed by atoms with Crippen molar-refractivity contribution in [3.63, 3.8) is 0 Å². The summed E-state index contributed by atoms with van der Waals surface area (Å²) in [6.07, 6.45) is 0. The summed E-state index contributed by atoms with van der Waals surface area (Å²) in [5.41, 5.74) is 3.69. The fourth-order valence-corrected chi connectivity index (χ4v) is 2.33. The van der Waals surface area contributed by atoms with Crippen molar-refractivity contribution in [2.24, 2.45) is 0 Å². The third-order valence-corrected chi connectivity index (χ3v) is 3.13. The number of fused-ring (bicyclic) bond motifs is 1. The number of halogens is 2. The van der Waals surface area contributed by atoms with Crippen molar-refractivity contribution >= 4 is 28.8 Å². The standard InChI is InChI=1S/C13H9Cl2N3/c1-8-3-2-4-9(5-8)10-6-13-16-11(14)7-12(15)18(13)17-10/h2-7H,1H3. The van der Waals surface area contributed by atoms with E-state index in [1.54, 1.807) is 10.6 Å². The van der Waals surface area contributed by atoms with Crippen molar-refractivity contribution in [2.75, 3.05) is 0 Å². The van der Waals surface area contributed by atoms with Gasteiger partial charge in [-0.2, -0.15) is 5.10 Å². The highest BCUT2D eigenvalue weighted by atomic mass is 35.5. The predicted molar refractivity (Wildman–Crippen MR) is 73.2 cm³/mol. The van der Waals surface area contributed by atoms with Crippen LogP contribution in [0.1, 0.15) is 5.56 Å². The van der Waals surface area contributed by atoms with Crippen LogP contribution >= 0.6 is 23.2 Å². The van der Waals surface area contributed by atoms with Crippen LogP contribution in [0.5, 0.6) is 0 Å². The summed E-state index contributed by atoms with van der Waals surface area (Å²) in [5.74, 6) is 0. The van der Waals surface area contributed by atoms with Gasteiger partial charge in [-0.05, 0) is 13.0 Å². The van der Waals surface area contributed by atoms with E-state index < -0.39 is 0 Å². The lowest BCUT2D eigenvalue weighted by Crippen LogP contribution is -1.92. The van der Waals surface area contributed by atoms with Crippen molar-refractivity contribution in [3.05, 3.63) is 52.3 Å². The van der Waals surface area contributed by atoms with Crippen LogP contribution in [0.3, 0.4) is 0 Å². The van der Waals surface area contributed by atoms with Gasteiger partial charge in [0.1, 0.15) is 10.3 Å². The topological polar surface area (TPSA) is 30.2 Å². The Morgan fingerprint density at radius 1 is 1.11 bits per heavy atom. The molecule has 1 aromatic carbocycles. The van der Waals surface area contributed by atoms with Gasteiger partial charge in [-0.3, -0.25) is 0 Å². The molecule has 0 bridgehead atoms. The lowest BCUT2D eigenvalue weighted by Gasteiger charge is -1.97. The number of hydrogen-bond acceptors (Lipinski definition) is 2. The van der Waals surface area contributed by atoms with Gasteiger partial charge >= 0.3 is 0 Å². The minimum atomic E-state index is 0.364. The van der Waals surface area contributed by atoms with Crippen LogP contribution in [-0.4, -0.2) is 14.6 Å². The van der Waals surface area contributed by atoms with Gasteiger partial charge in [-0.1, -0.05) is 47.0 Å². The Balaban J connectivity index is 2.22. The van der Waals surface area contributed by atoms with E-state index in [4.69, 9.17) is 23.2 Å². The molecule has 2 aromatic heterocycles. The third-order valence-electron chi connectivity index (χ3n) is 2.67. The molecular formula is C13H9Cl2N3. The highest BCUT2D eigenvalue weighted by molar-refractivity contribution is 6.33. The summed E-state index contributed by atoms with van der Waals surface area (Å²) in [7, 11) is 0. The van der Waals surface area contributed by atoms with E-state index >= 15 is 0 Å². The molecule has 0 saturated carbocycles. The summed E-state index contributed by atoms with van der Waals surface area (Å²) in [4.78, 5) is 4.19. The first-order valence-electron chi connectivity index (χ1n) is 5.42. The van der Waals surface area contributed by atoms with Crippen LogP contribution in [0.15, 0.2) is 36.4 Å². The maximum Gasteiger partial charge on any atom is 0.159 e. The van der Waals surface area contributed by atoms with Crippen molar-refractivity contribution in [3.8, 4) is 11.3 Å². The fraction of sp³-hybridized carbons (Fsp3) is 0.0769. The van der Waals surface area contributed by atoms with E-state index in [-0.39, 0.29) is 0 Å². The van der Waals surface area contributed by atoms with Crippen molar-refractivity contribution in [1.29, 1.82) is 0 Å². The zero-order chi connectivity index (χ0) is 12.7. The maximum absolute atomic E-state index is 6.07. The Morgan fingerprint density at radius 3 is 2.72 bits per heavy atom. The number of hydrogen-bond donors (Lipinski definition) is 0. The van der Waals surface area contributed by atoms with Gasteiger partial charge in [0.15, 0.2) is 5.65 Å². The highest BCUT2D eigenvalue weighted by Crippen LogP contribution is 2.23. The van der Waals surface area contributed by atoms with E-state index in [1.165, 1.54) is 5.56 Å². The number of aryl methyl sites for hydroxylation is 1. The summed E-state index contributed by atoms with van der Waals surface area (Å²) in [6, 6.07) is 11.6. The molecule has 0 aliphatic rings. The number of rotatable bonds is 1. The van der Waals surface area contributed by atoms with E-state index in [9.17, 15) is 0 Å². The van der Waals surface area contributed by atoms with E-state index in [0.29, 0.717) is 16.0 Å². The minimum absolute atomic E-state index is 0.364. The van der Waals surface area contributed by atoms with Crippen molar-refractivity contribution in [2.45, 2.75) is 6.92 Å². The molecule has 0 aliphatic heterocycles. The molecule has 0 saturated heterocycles. The molecular weight excluding hydrogens is 269 g/mol. The maximum atomic E-state index is 6.07. The van der Waals surface area contributed by atoms with E-state index in [1.807, 2.05) is 31.2 Å². The van der Waals surface area contributed by atoms with Crippen LogP contribution in [0.4, 0.5) is 0 Å². The molecule has 90 valence electrons. The number of benzene rings is 1. The molecule has 3 aromatic rings. The number of nitrogens with zero attached hydrogens (tertiary/aromatic N) is 3. The summed E-state index contributed by atoms with van der Waals surface area (Å²) in [5, 5.41) is 5.24. The molecule has 0 fully saturated rings. The molecule has 0 amide bonds. The lowest BCUT2D eigenvalue weighted by atomic mass is 10.1. The lowest BCUT2D eigenvalue weighted by molar-refractivity contribution is 0.944. The molecule has 2 heterocycles. The second kappa shape index (κ2) is 4.26. The summed E-state index contributed by atoms with van der Waals surface area (Å²) in [6.45, 7) is 2.04. The Bertz CT molecular complexity index is 734. The Labute approximate surface area is 114 Å². The van der Waals surface area contributed by atoms with Crippen LogP contribution in [0.25, 0.3) is 16.9 Å². The largest absolute Gasteiger partial charge is 0.217 e. The highest BCUT2D eigenvalue weighted by Gasteiger charge is 2.09. The van der Waals surface area contributed by atoms with Gasteiger partial charge in [0, 0.05) is 17.7 Å². The molecule has 0 aliphatic carbocycles. The minimum Gasteiger partial charge on any atom is -0.217 e. The zero-order valence-corrected chi connectivity index (χ0v) is 11.1. The van der Waals surface area contributed by atoms with Gasteiger partial charge in [0.05, 0.1) is 5.69 Å². The zero-order valence-electron chi connectivity index (χ0n) is 9.56. The van der Waals surface area contributed by atoms with E-state index in [2.05, 4.69) is 16.1 Å². The predicted octanol–water partition coefficient (Wildman–Crippen LogP) is 4.01. The Hall–Kier alpha value is -1.58. The van der Waals surface area contributed by atoms with Crippen LogP contribution in [0, 0.1) is 6.92 Å². The molecule has 0 spiro atoms.